The second-order valence-electron chi connectivity index (χ2n) is 10.0. The summed E-state index contributed by atoms with van der Waals surface area (Å²) in [7, 11) is 1.93. The molecule has 204 valence electrons. The van der Waals surface area contributed by atoms with Crippen molar-refractivity contribution >= 4 is 17.5 Å². The number of nitrogen functional groups attached to an aromatic ring is 1. The van der Waals surface area contributed by atoms with Crippen LogP contribution in [0.1, 0.15) is 36.7 Å². The summed E-state index contributed by atoms with van der Waals surface area (Å²) >= 11 is 0. The number of hydrogen-bond donors (Lipinski definition) is 2. The molecule has 0 radical (unpaired) electrons. The Labute approximate surface area is 227 Å². The minimum absolute atomic E-state index is 0.0287. The molecule has 0 spiro atoms. The van der Waals surface area contributed by atoms with E-state index in [0.717, 1.165) is 43.6 Å². The highest BCUT2D eigenvalue weighted by Gasteiger charge is 2.38. The second kappa shape index (κ2) is 11.6. The molecule has 2 aliphatic rings. The molecule has 12 nitrogen and oxygen atoms in total. The Kier molecular flexibility index (Phi) is 7.76. The molecule has 4 heterocycles. The molecule has 0 aromatic carbocycles. The first kappa shape index (κ1) is 26.2. The maximum Gasteiger partial charge on any atom is 0.319 e. The fourth-order valence-electron chi connectivity index (χ4n) is 4.66. The fraction of sp³-hybridized carbons (Fsp3) is 0.481. The van der Waals surface area contributed by atoms with Crippen molar-refractivity contribution in [2.75, 3.05) is 43.5 Å². The smallest absolute Gasteiger partial charge is 0.319 e. The van der Waals surface area contributed by atoms with Crippen molar-refractivity contribution in [2.45, 2.75) is 26.2 Å². The lowest BCUT2D eigenvalue weighted by Crippen LogP contribution is -2.36. The number of nitrogens with one attached hydrogen (secondary N) is 1. The number of amides is 1. The normalized spacial score (nSPS) is 18.8. The lowest BCUT2D eigenvalue weighted by Gasteiger charge is -2.33. The van der Waals surface area contributed by atoms with Crippen molar-refractivity contribution in [3.63, 3.8) is 0 Å². The fourth-order valence-corrected chi connectivity index (χ4v) is 4.66. The van der Waals surface area contributed by atoms with Gasteiger partial charge in [0.15, 0.2) is 11.6 Å². The molecule has 1 saturated heterocycles. The Bertz CT molecular complexity index is 1360. The maximum atomic E-state index is 12.5. The van der Waals surface area contributed by atoms with E-state index < -0.39 is 0 Å². The summed E-state index contributed by atoms with van der Waals surface area (Å²) in [5.41, 5.74) is 8.19. The van der Waals surface area contributed by atoms with Gasteiger partial charge in [-0.25, -0.2) is 9.97 Å². The van der Waals surface area contributed by atoms with E-state index >= 15 is 0 Å². The van der Waals surface area contributed by atoms with E-state index in [1.165, 1.54) is 0 Å². The van der Waals surface area contributed by atoms with E-state index in [4.69, 9.17) is 20.5 Å². The molecule has 5 rings (SSSR count). The lowest BCUT2D eigenvalue weighted by atomic mass is 9.98. The van der Waals surface area contributed by atoms with Crippen molar-refractivity contribution < 1.29 is 14.3 Å². The van der Waals surface area contributed by atoms with Gasteiger partial charge in [-0.2, -0.15) is 15.2 Å². The monoisotopic (exact) mass is 531 g/mol. The average Bonchev–Trinajstić information content (AvgIpc) is 3.60. The number of nitrogens with zero attached hydrogens (tertiary/aromatic N) is 7. The van der Waals surface area contributed by atoms with Gasteiger partial charge >= 0.3 is 6.01 Å². The van der Waals surface area contributed by atoms with Crippen molar-refractivity contribution in [1.82, 2.24) is 29.8 Å². The van der Waals surface area contributed by atoms with Gasteiger partial charge in [0.2, 0.25) is 0 Å². The van der Waals surface area contributed by atoms with E-state index in [9.17, 15) is 4.79 Å². The third-order valence-electron chi connectivity index (χ3n) is 7.18. The largest absolute Gasteiger partial charge is 0.489 e. The number of carbonyl (C=O) groups excluding carboxylic acids is 1. The topological polar surface area (TPSA) is 157 Å². The Balaban J connectivity index is 1.20. The van der Waals surface area contributed by atoms with Gasteiger partial charge in [-0.05, 0) is 38.2 Å². The van der Waals surface area contributed by atoms with Crippen LogP contribution in [0.25, 0.3) is 11.3 Å². The lowest BCUT2D eigenvalue weighted by molar-refractivity contribution is 0.0949. The molecule has 12 heteroatoms. The molecule has 1 aliphatic carbocycles. The molecule has 1 aliphatic heterocycles. The number of pyridine rings is 1. The number of aryl methyl sites for hydroxylation is 1. The van der Waals surface area contributed by atoms with Gasteiger partial charge in [0.05, 0.1) is 43.4 Å². The van der Waals surface area contributed by atoms with Crippen LogP contribution in [0.5, 0.6) is 11.8 Å². The molecule has 1 unspecified atom stereocenters. The first-order valence-electron chi connectivity index (χ1n) is 13.2. The number of hydrogen-bond acceptors (Lipinski definition) is 10. The van der Waals surface area contributed by atoms with Crippen LogP contribution in [0.2, 0.25) is 0 Å². The molecule has 39 heavy (non-hydrogen) atoms. The molecule has 3 N–H and O–H groups in total. The highest BCUT2D eigenvalue weighted by atomic mass is 16.5. The first-order valence-corrected chi connectivity index (χ1v) is 13.2. The quantitative estimate of drug-likeness (QED) is 0.398. The number of ether oxygens (including phenoxy) is 2. The molecule has 3 aromatic heterocycles. The van der Waals surface area contributed by atoms with Crippen LogP contribution in [0.15, 0.2) is 30.9 Å². The van der Waals surface area contributed by atoms with E-state index in [-0.39, 0.29) is 29.4 Å². The average molecular weight is 532 g/mol. The van der Waals surface area contributed by atoms with Gasteiger partial charge in [0, 0.05) is 50.4 Å². The summed E-state index contributed by atoms with van der Waals surface area (Å²) in [6.45, 7) is 4.76. The third-order valence-corrected chi connectivity index (χ3v) is 7.18. The zero-order valence-corrected chi connectivity index (χ0v) is 22.2. The summed E-state index contributed by atoms with van der Waals surface area (Å²) in [6.07, 6.45) is 7.84. The van der Waals surface area contributed by atoms with E-state index in [0.29, 0.717) is 43.1 Å². The number of piperidine rings is 1. The number of imidazole rings is 1. The number of rotatable bonds is 10. The number of carbonyl (C=O) groups is 1. The number of aromatic nitrogens is 5. The Hall–Kier alpha value is -4.40. The van der Waals surface area contributed by atoms with Gasteiger partial charge in [-0.1, -0.05) is 0 Å². The SMILES string of the molecule is CCNC(=O)c1cc(N2CCC(COc3cc(-c4cncn4C)cnc3N)CC2)nc(OC[C@H]2CC2C#N)n1. The highest BCUT2D eigenvalue weighted by molar-refractivity contribution is 5.93. The Morgan fingerprint density at radius 3 is 2.72 bits per heavy atom. The summed E-state index contributed by atoms with van der Waals surface area (Å²) in [5, 5.41) is 11.8. The molecule has 3 aromatic rings. The first-order chi connectivity index (χ1) is 18.9. The zero-order valence-electron chi connectivity index (χ0n) is 22.2. The third kappa shape index (κ3) is 6.19. The molecule has 0 bridgehead atoms. The molecular formula is C27H33N9O3. The summed E-state index contributed by atoms with van der Waals surface area (Å²) in [5.74, 6) is 1.87. The second-order valence-corrected chi connectivity index (χ2v) is 10.0. The van der Waals surface area contributed by atoms with Crippen molar-refractivity contribution in [3.05, 3.63) is 36.5 Å². The van der Waals surface area contributed by atoms with Crippen LogP contribution in [0, 0.1) is 29.1 Å². The summed E-state index contributed by atoms with van der Waals surface area (Å²) in [6, 6.07) is 6.03. The maximum absolute atomic E-state index is 12.5. The minimum Gasteiger partial charge on any atom is -0.489 e. The molecule has 2 atom stereocenters. The zero-order chi connectivity index (χ0) is 27.4. The van der Waals surface area contributed by atoms with Gasteiger partial charge in [-0.3, -0.25) is 4.79 Å². The van der Waals surface area contributed by atoms with Gasteiger partial charge in [-0.15, -0.1) is 0 Å². The van der Waals surface area contributed by atoms with Crippen LogP contribution in [0.4, 0.5) is 11.6 Å². The van der Waals surface area contributed by atoms with Crippen molar-refractivity contribution in [2.24, 2.45) is 24.8 Å². The molecule has 1 amide bonds. The van der Waals surface area contributed by atoms with E-state index in [2.05, 4.69) is 36.2 Å². The molecule has 2 fully saturated rings. The predicted molar refractivity (Wildman–Crippen MR) is 144 cm³/mol. The van der Waals surface area contributed by atoms with Crippen LogP contribution in [0.3, 0.4) is 0 Å². The Morgan fingerprint density at radius 1 is 1.21 bits per heavy atom. The van der Waals surface area contributed by atoms with Gasteiger partial charge in [0.1, 0.15) is 11.5 Å². The number of nitrogens with two attached hydrogens (primary N) is 1. The molecule has 1 saturated carbocycles. The van der Waals surface area contributed by atoms with Crippen LogP contribution >= 0.6 is 0 Å². The van der Waals surface area contributed by atoms with E-state index in [1.54, 1.807) is 24.8 Å². The highest BCUT2D eigenvalue weighted by Crippen LogP contribution is 2.38. The van der Waals surface area contributed by atoms with Crippen molar-refractivity contribution in [1.29, 1.82) is 5.26 Å². The number of anilines is 2. The predicted octanol–water partition coefficient (Wildman–Crippen LogP) is 2.44. The van der Waals surface area contributed by atoms with Crippen molar-refractivity contribution in [3.8, 4) is 29.1 Å². The van der Waals surface area contributed by atoms with Gasteiger partial charge < -0.3 is 30.0 Å². The van der Waals surface area contributed by atoms with E-state index in [1.807, 2.05) is 24.6 Å². The standard InChI is InChI=1S/C27H33N9O3/c1-3-31-26(37)21-10-24(34-27(33-21)39-15-20-8-18(20)11-28)36-6-4-17(5-7-36)14-38-23-9-19(12-32-25(23)29)22-13-30-16-35(22)2/h9-10,12-13,16-18,20H,3-8,14-15H2,1-2H3,(H2,29,32)(H,31,37)/t18?,20-/m1/s1. The van der Waals surface area contributed by atoms with Crippen LogP contribution in [-0.4, -0.2) is 63.3 Å². The summed E-state index contributed by atoms with van der Waals surface area (Å²) < 4.78 is 13.8. The molecular weight excluding hydrogens is 498 g/mol. The van der Waals surface area contributed by atoms with Crippen LogP contribution < -0.4 is 25.4 Å². The van der Waals surface area contributed by atoms with Gasteiger partial charge in [0.25, 0.3) is 5.91 Å². The Morgan fingerprint density at radius 2 is 2.03 bits per heavy atom. The summed E-state index contributed by atoms with van der Waals surface area (Å²) in [4.78, 5) is 32.1. The van der Waals surface area contributed by atoms with Crippen LogP contribution in [-0.2, 0) is 7.05 Å². The minimum atomic E-state index is -0.268. The number of nitriles is 1.